The first kappa shape index (κ1) is 22.6. The number of ether oxygens (including phenoxy) is 2. The smallest absolute Gasteiger partial charge is 0.305 e. The lowest BCUT2D eigenvalue weighted by Crippen LogP contribution is -2.36. The highest BCUT2D eigenvalue weighted by atomic mass is 79.9. The second kappa shape index (κ2) is 9.32. The highest BCUT2D eigenvalue weighted by Gasteiger charge is 2.46. The Labute approximate surface area is 217 Å². The molecule has 0 saturated heterocycles. The summed E-state index contributed by atoms with van der Waals surface area (Å²) in [7, 11) is 0. The normalized spacial score (nSPS) is 13.7. The van der Waals surface area contributed by atoms with Crippen LogP contribution in [0.15, 0.2) is 112 Å². The maximum absolute atomic E-state index is 13.1. The average molecular weight is 539 g/mol. The van der Waals surface area contributed by atoms with Crippen LogP contribution in [0.5, 0.6) is 11.5 Å². The van der Waals surface area contributed by atoms with Crippen molar-refractivity contribution in [1.29, 1.82) is 0 Å². The van der Waals surface area contributed by atoms with Gasteiger partial charge in [0.25, 0.3) is 0 Å². The fourth-order valence-corrected chi connectivity index (χ4v) is 4.92. The van der Waals surface area contributed by atoms with Crippen LogP contribution in [-0.4, -0.2) is 5.33 Å². The van der Waals surface area contributed by atoms with Crippen LogP contribution in [0.25, 0.3) is 22.3 Å². The predicted octanol–water partition coefficient (Wildman–Crippen LogP) is 7.46. The van der Waals surface area contributed by atoms with Gasteiger partial charge in [0.05, 0.1) is 5.39 Å². The summed E-state index contributed by atoms with van der Waals surface area (Å²) in [4.78, 5) is 13.1. The monoisotopic (exact) mass is 538 g/mol. The third kappa shape index (κ3) is 3.90. The Morgan fingerprint density at radius 2 is 1.42 bits per heavy atom. The molecule has 1 aliphatic heterocycles. The minimum atomic E-state index is -1.19. The van der Waals surface area contributed by atoms with Crippen molar-refractivity contribution in [3.63, 3.8) is 0 Å². The van der Waals surface area contributed by atoms with E-state index in [1.807, 2.05) is 72.8 Å². The maximum atomic E-state index is 13.1. The fraction of sp³-hybridized carbons (Fsp3) is 0.129. The number of halogens is 1. The molecule has 1 aliphatic rings. The topological polar surface area (TPSA) is 48.7 Å². The summed E-state index contributed by atoms with van der Waals surface area (Å²) in [6, 6.07) is 32.8. The van der Waals surface area contributed by atoms with E-state index >= 15 is 0 Å². The Bertz CT molecular complexity index is 1540. The summed E-state index contributed by atoms with van der Waals surface area (Å²) in [5.41, 5.74) is 4.03. The predicted molar refractivity (Wildman–Crippen MR) is 145 cm³/mol. The van der Waals surface area contributed by atoms with Gasteiger partial charge in [-0.3, -0.25) is 4.79 Å². The summed E-state index contributed by atoms with van der Waals surface area (Å²) >= 11 is 3.48. The number of hydrogen-bond acceptors (Lipinski definition) is 4. The molecular formula is C31H23BrO4. The zero-order valence-corrected chi connectivity index (χ0v) is 21.0. The third-order valence-corrected chi connectivity index (χ3v) is 7.02. The number of aryl methyl sites for hydroxylation is 1. The third-order valence-electron chi connectivity index (χ3n) is 6.46. The molecule has 0 spiro atoms. The van der Waals surface area contributed by atoms with E-state index in [0.29, 0.717) is 28.2 Å². The molecule has 0 saturated carbocycles. The van der Waals surface area contributed by atoms with E-state index in [4.69, 9.17) is 13.9 Å². The lowest BCUT2D eigenvalue weighted by atomic mass is 9.97. The number of benzene rings is 4. The minimum absolute atomic E-state index is 0.127. The SMILES string of the molecule is O=c1cc(-c2ccc(CCCBr)cc2)oc2c3c(ccc12)OC(c1ccccc1)(c1ccccc1)O3. The molecule has 0 N–H and O–H groups in total. The Hall–Kier alpha value is -3.83. The summed E-state index contributed by atoms with van der Waals surface area (Å²) < 4.78 is 19.5. The molecule has 4 nitrogen and oxygen atoms in total. The standard InChI is InChI=1S/C31H23BrO4/c32-19-7-8-21-13-15-22(16-14-21)28-20-26(33)25-17-18-27-30(29(25)34-28)36-31(35-27,23-9-3-1-4-10-23)24-11-5-2-6-12-24/h1-6,9-18,20H,7-8,19H2. The molecule has 0 bridgehead atoms. The van der Waals surface area contributed by atoms with E-state index in [9.17, 15) is 4.79 Å². The van der Waals surface area contributed by atoms with Gasteiger partial charge < -0.3 is 13.9 Å². The van der Waals surface area contributed by atoms with E-state index < -0.39 is 5.79 Å². The van der Waals surface area contributed by atoms with Gasteiger partial charge in [-0.15, -0.1) is 0 Å². The molecule has 0 amide bonds. The van der Waals surface area contributed by atoms with E-state index in [-0.39, 0.29) is 5.43 Å². The van der Waals surface area contributed by atoms with Crippen molar-refractivity contribution in [3.8, 4) is 22.8 Å². The highest BCUT2D eigenvalue weighted by molar-refractivity contribution is 9.09. The fourth-order valence-electron chi connectivity index (χ4n) is 4.64. The maximum Gasteiger partial charge on any atom is 0.305 e. The molecule has 0 radical (unpaired) electrons. The Balaban J connectivity index is 1.48. The minimum Gasteiger partial charge on any atom is -0.452 e. The van der Waals surface area contributed by atoms with Gasteiger partial charge in [0.1, 0.15) is 5.76 Å². The van der Waals surface area contributed by atoms with Gasteiger partial charge in [0.15, 0.2) is 16.8 Å². The van der Waals surface area contributed by atoms with Crippen LogP contribution in [0.4, 0.5) is 0 Å². The molecule has 2 heterocycles. The first-order valence-corrected chi connectivity index (χ1v) is 13.1. The van der Waals surface area contributed by atoms with Gasteiger partial charge in [-0.05, 0) is 30.5 Å². The van der Waals surface area contributed by atoms with Gasteiger partial charge in [0.2, 0.25) is 5.75 Å². The lowest BCUT2D eigenvalue weighted by molar-refractivity contribution is -0.0456. The van der Waals surface area contributed by atoms with Crippen molar-refractivity contribution in [2.75, 3.05) is 5.33 Å². The van der Waals surface area contributed by atoms with Crippen molar-refractivity contribution in [1.82, 2.24) is 0 Å². The van der Waals surface area contributed by atoms with Crippen LogP contribution in [0.1, 0.15) is 23.1 Å². The van der Waals surface area contributed by atoms with Crippen molar-refractivity contribution in [3.05, 3.63) is 130 Å². The van der Waals surface area contributed by atoms with E-state index in [1.54, 1.807) is 18.2 Å². The molecule has 6 rings (SSSR count). The van der Waals surface area contributed by atoms with Crippen LogP contribution in [0, 0.1) is 0 Å². The molecule has 0 aliphatic carbocycles. The molecule has 4 aromatic carbocycles. The zero-order chi connectivity index (χ0) is 24.5. The number of hydrogen-bond donors (Lipinski definition) is 0. The van der Waals surface area contributed by atoms with E-state index in [0.717, 1.165) is 34.9 Å². The second-order valence-electron chi connectivity index (χ2n) is 8.79. The molecule has 0 fully saturated rings. The Morgan fingerprint density at radius 1 is 0.750 bits per heavy atom. The summed E-state index contributed by atoms with van der Waals surface area (Å²) in [5, 5.41) is 1.42. The van der Waals surface area contributed by atoms with Gasteiger partial charge >= 0.3 is 5.79 Å². The number of fused-ring (bicyclic) bond motifs is 3. The second-order valence-corrected chi connectivity index (χ2v) is 9.58. The first-order chi connectivity index (χ1) is 17.7. The molecular weight excluding hydrogens is 516 g/mol. The summed E-state index contributed by atoms with van der Waals surface area (Å²) in [6.45, 7) is 0. The molecule has 178 valence electrons. The summed E-state index contributed by atoms with van der Waals surface area (Å²) in [5.74, 6) is 0.257. The van der Waals surface area contributed by atoms with Crippen LogP contribution in [-0.2, 0) is 12.2 Å². The molecule has 5 aromatic rings. The highest BCUT2D eigenvalue weighted by Crippen LogP contribution is 2.50. The van der Waals surface area contributed by atoms with Crippen molar-refractivity contribution in [2.24, 2.45) is 0 Å². The van der Waals surface area contributed by atoms with Crippen molar-refractivity contribution < 1.29 is 13.9 Å². The van der Waals surface area contributed by atoms with Gasteiger partial charge in [0, 0.05) is 28.1 Å². The first-order valence-electron chi connectivity index (χ1n) is 11.9. The molecule has 5 heteroatoms. The zero-order valence-electron chi connectivity index (χ0n) is 19.4. The average Bonchev–Trinajstić information content (AvgIpc) is 3.35. The van der Waals surface area contributed by atoms with Gasteiger partial charge in [-0.2, -0.15) is 0 Å². The van der Waals surface area contributed by atoms with E-state index in [1.165, 1.54) is 5.56 Å². The summed E-state index contributed by atoms with van der Waals surface area (Å²) in [6.07, 6.45) is 2.06. The van der Waals surface area contributed by atoms with Crippen LogP contribution in [0.2, 0.25) is 0 Å². The lowest BCUT2D eigenvalue weighted by Gasteiger charge is -2.28. The van der Waals surface area contributed by atoms with Crippen molar-refractivity contribution >= 4 is 26.9 Å². The van der Waals surface area contributed by atoms with Gasteiger partial charge in [-0.1, -0.05) is 101 Å². The Kier molecular flexibility index (Phi) is 5.86. The van der Waals surface area contributed by atoms with Crippen LogP contribution < -0.4 is 14.9 Å². The van der Waals surface area contributed by atoms with Crippen molar-refractivity contribution in [2.45, 2.75) is 18.6 Å². The van der Waals surface area contributed by atoms with Gasteiger partial charge in [-0.25, -0.2) is 0 Å². The number of rotatable bonds is 6. The quantitative estimate of drug-likeness (QED) is 0.210. The largest absolute Gasteiger partial charge is 0.452 e. The Morgan fingerprint density at radius 3 is 2.06 bits per heavy atom. The molecule has 0 unspecified atom stereocenters. The number of alkyl halides is 1. The molecule has 1 aromatic heterocycles. The van der Waals surface area contributed by atoms with E-state index in [2.05, 4.69) is 28.1 Å². The van der Waals surface area contributed by atoms with Crippen LogP contribution in [0.3, 0.4) is 0 Å². The molecule has 0 atom stereocenters. The molecule has 36 heavy (non-hydrogen) atoms. The van der Waals surface area contributed by atoms with Crippen LogP contribution >= 0.6 is 15.9 Å².